The average molecular weight is 283 g/mol. The third-order valence-corrected chi connectivity index (χ3v) is 3.84. The lowest BCUT2D eigenvalue weighted by Gasteiger charge is -2.29. The number of nitrogens with zero attached hydrogens (tertiary/aromatic N) is 4. The summed E-state index contributed by atoms with van der Waals surface area (Å²) in [5.74, 6) is -0.764. The van der Waals surface area contributed by atoms with E-state index in [-0.39, 0.29) is 0 Å². The summed E-state index contributed by atoms with van der Waals surface area (Å²) in [5, 5.41) is 16.2. The molecule has 7 nitrogen and oxygen atoms in total. The summed E-state index contributed by atoms with van der Waals surface area (Å²) >= 11 is 0. The van der Waals surface area contributed by atoms with Crippen molar-refractivity contribution in [1.29, 1.82) is 0 Å². The van der Waals surface area contributed by atoms with Crippen molar-refractivity contribution in [3.8, 4) is 0 Å². The number of hydrogen-bond donors (Lipinski definition) is 2. The molecule has 1 rings (SSSR count). The first kappa shape index (κ1) is 16.8. The van der Waals surface area contributed by atoms with E-state index in [4.69, 9.17) is 5.53 Å². The number of likely N-dealkylation sites (tertiary alicyclic amines) is 1. The number of azide groups is 1. The summed E-state index contributed by atoms with van der Waals surface area (Å²) in [7, 11) is 0. The number of carbonyl (C=O) groups is 1. The highest BCUT2D eigenvalue weighted by atomic mass is 16.4. The molecule has 0 spiro atoms. The Hall–Kier alpha value is -1.30. The predicted octanol–water partition coefficient (Wildman–Crippen LogP) is 2.00. The molecule has 1 heterocycles. The van der Waals surface area contributed by atoms with Gasteiger partial charge in [0.05, 0.1) is 0 Å². The van der Waals surface area contributed by atoms with E-state index < -0.39 is 11.5 Å². The monoisotopic (exact) mass is 283 g/mol. The molecule has 7 heteroatoms. The number of aliphatic carboxylic acids is 1. The van der Waals surface area contributed by atoms with Crippen molar-refractivity contribution in [2.45, 2.75) is 44.6 Å². The maximum absolute atomic E-state index is 11.7. The van der Waals surface area contributed by atoms with Gasteiger partial charge in [0, 0.05) is 18.0 Å². The Balaban J connectivity index is 2.53. The van der Waals surface area contributed by atoms with E-state index in [1.165, 1.54) is 0 Å². The highest BCUT2D eigenvalue weighted by Crippen LogP contribution is 2.23. The van der Waals surface area contributed by atoms with E-state index in [1.54, 1.807) is 0 Å². The predicted molar refractivity (Wildman–Crippen MR) is 77.6 cm³/mol. The van der Waals surface area contributed by atoms with Gasteiger partial charge in [0.25, 0.3) is 0 Å². The molecule has 1 aliphatic rings. The van der Waals surface area contributed by atoms with Gasteiger partial charge < -0.3 is 15.3 Å². The lowest BCUT2D eigenvalue weighted by Crippen LogP contribution is -2.53. The Morgan fingerprint density at radius 1 is 1.50 bits per heavy atom. The molecule has 0 aromatic rings. The summed E-state index contributed by atoms with van der Waals surface area (Å²) in [6.07, 6.45) is 3.95. The zero-order chi connectivity index (χ0) is 14.8. The van der Waals surface area contributed by atoms with Gasteiger partial charge in [-0.25, -0.2) is 0 Å². The molecule has 0 aromatic carbocycles. The Morgan fingerprint density at radius 3 is 2.95 bits per heavy atom. The van der Waals surface area contributed by atoms with E-state index in [2.05, 4.69) is 27.2 Å². The Bertz CT molecular complexity index is 357. The molecule has 20 heavy (non-hydrogen) atoms. The van der Waals surface area contributed by atoms with Crippen molar-refractivity contribution in [3.05, 3.63) is 10.4 Å². The molecule has 1 unspecified atom stereocenters. The standard InChI is InChI=1S/C13H25N5O2/c1-2-9-18-10-3-5-13(6-11-18,12(19)20)15-7-4-8-16-17-14/h15H,2-11H2,1H3,(H,19,20). The van der Waals surface area contributed by atoms with Gasteiger partial charge in [-0.2, -0.15) is 0 Å². The van der Waals surface area contributed by atoms with Crippen molar-refractivity contribution in [3.63, 3.8) is 0 Å². The van der Waals surface area contributed by atoms with Gasteiger partial charge in [-0.05, 0) is 57.3 Å². The van der Waals surface area contributed by atoms with Crippen LogP contribution in [-0.2, 0) is 4.79 Å². The van der Waals surface area contributed by atoms with E-state index in [1.807, 2.05) is 0 Å². The highest BCUT2D eigenvalue weighted by molar-refractivity contribution is 5.78. The van der Waals surface area contributed by atoms with Gasteiger partial charge in [0.2, 0.25) is 0 Å². The second-order valence-electron chi connectivity index (χ2n) is 5.32. The second kappa shape index (κ2) is 8.79. The van der Waals surface area contributed by atoms with Crippen LogP contribution >= 0.6 is 0 Å². The molecule has 114 valence electrons. The summed E-state index contributed by atoms with van der Waals surface area (Å²) in [5.41, 5.74) is 7.39. The normalized spacial score (nSPS) is 23.9. The fourth-order valence-electron chi connectivity index (χ4n) is 2.72. The number of rotatable bonds is 8. The van der Waals surface area contributed by atoms with Gasteiger partial charge >= 0.3 is 5.97 Å². The number of carboxylic acids is 1. The van der Waals surface area contributed by atoms with Crippen molar-refractivity contribution in [1.82, 2.24) is 10.2 Å². The molecule has 1 atom stereocenters. The van der Waals surface area contributed by atoms with Gasteiger partial charge in [-0.1, -0.05) is 12.0 Å². The number of hydrogen-bond acceptors (Lipinski definition) is 4. The lowest BCUT2D eigenvalue weighted by molar-refractivity contribution is -0.145. The summed E-state index contributed by atoms with van der Waals surface area (Å²) in [6, 6.07) is 0. The van der Waals surface area contributed by atoms with Gasteiger partial charge in [-0.3, -0.25) is 4.79 Å². The third-order valence-electron chi connectivity index (χ3n) is 3.84. The Labute approximate surface area is 120 Å². The van der Waals surface area contributed by atoms with Crippen LogP contribution in [0.3, 0.4) is 0 Å². The second-order valence-corrected chi connectivity index (χ2v) is 5.32. The molecule has 0 bridgehead atoms. The fourth-order valence-corrected chi connectivity index (χ4v) is 2.72. The first-order valence-corrected chi connectivity index (χ1v) is 7.36. The number of nitrogens with one attached hydrogen (secondary N) is 1. The SMILES string of the molecule is CCCN1CCCC(NCCCN=[N+]=[N-])(C(=O)O)CC1. The molecule has 0 aliphatic carbocycles. The molecule has 1 fully saturated rings. The first-order chi connectivity index (χ1) is 9.64. The topological polar surface area (TPSA) is 101 Å². The van der Waals surface area contributed by atoms with Crippen LogP contribution in [0.15, 0.2) is 5.11 Å². The van der Waals surface area contributed by atoms with Crippen LogP contribution in [0.25, 0.3) is 10.4 Å². The lowest BCUT2D eigenvalue weighted by atomic mass is 9.90. The van der Waals surface area contributed by atoms with E-state index >= 15 is 0 Å². The molecule has 0 saturated carbocycles. The van der Waals surface area contributed by atoms with Crippen LogP contribution < -0.4 is 5.32 Å². The molecule has 1 saturated heterocycles. The molecule has 1 aliphatic heterocycles. The van der Waals surface area contributed by atoms with Gasteiger partial charge in [0.1, 0.15) is 5.54 Å². The molecule has 0 amide bonds. The highest BCUT2D eigenvalue weighted by Gasteiger charge is 2.38. The van der Waals surface area contributed by atoms with Crippen LogP contribution in [-0.4, -0.2) is 54.2 Å². The maximum Gasteiger partial charge on any atom is 0.323 e. The van der Waals surface area contributed by atoms with Crippen molar-refractivity contribution in [2.75, 3.05) is 32.7 Å². The zero-order valence-corrected chi connectivity index (χ0v) is 12.2. The quantitative estimate of drug-likeness (QED) is 0.308. The average Bonchev–Trinajstić information content (AvgIpc) is 2.63. The minimum absolute atomic E-state index is 0.404. The van der Waals surface area contributed by atoms with Crippen LogP contribution in [0.1, 0.15) is 39.0 Å². The summed E-state index contributed by atoms with van der Waals surface area (Å²) in [4.78, 5) is 16.7. The fraction of sp³-hybridized carbons (Fsp3) is 0.923. The number of carboxylic acid groups (broad SMARTS) is 1. The molecule has 2 N–H and O–H groups in total. The smallest absolute Gasteiger partial charge is 0.323 e. The van der Waals surface area contributed by atoms with Crippen molar-refractivity contribution >= 4 is 5.97 Å². The molecule has 0 aromatic heterocycles. The Morgan fingerprint density at radius 2 is 2.30 bits per heavy atom. The van der Waals surface area contributed by atoms with Crippen LogP contribution in [0.2, 0.25) is 0 Å². The molecule has 0 radical (unpaired) electrons. The summed E-state index contributed by atoms with van der Waals surface area (Å²) < 4.78 is 0. The van der Waals surface area contributed by atoms with Gasteiger partial charge in [0.15, 0.2) is 0 Å². The van der Waals surface area contributed by atoms with E-state index in [0.717, 1.165) is 32.5 Å². The van der Waals surface area contributed by atoms with E-state index in [0.29, 0.717) is 32.4 Å². The van der Waals surface area contributed by atoms with Crippen LogP contribution in [0.4, 0.5) is 0 Å². The molecular weight excluding hydrogens is 258 g/mol. The van der Waals surface area contributed by atoms with Crippen molar-refractivity contribution < 1.29 is 9.90 Å². The van der Waals surface area contributed by atoms with Crippen molar-refractivity contribution in [2.24, 2.45) is 5.11 Å². The zero-order valence-electron chi connectivity index (χ0n) is 12.2. The maximum atomic E-state index is 11.7. The minimum atomic E-state index is -0.821. The minimum Gasteiger partial charge on any atom is -0.480 e. The van der Waals surface area contributed by atoms with Crippen LogP contribution in [0.5, 0.6) is 0 Å². The van der Waals surface area contributed by atoms with Crippen LogP contribution in [0, 0.1) is 0 Å². The largest absolute Gasteiger partial charge is 0.480 e. The first-order valence-electron chi connectivity index (χ1n) is 7.36. The Kier molecular flexibility index (Phi) is 7.36. The molecular formula is C13H25N5O2. The summed E-state index contributed by atoms with van der Waals surface area (Å²) in [6.45, 7) is 5.95. The van der Waals surface area contributed by atoms with E-state index in [9.17, 15) is 9.90 Å². The third kappa shape index (κ3) is 5.00. The van der Waals surface area contributed by atoms with Gasteiger partial charge in [-0.15, -0.1) is 0 Å².